The predicted octanol–water partition coefficient (Wildman–Crippen LogP) is 4.96. The number of hydrogen-bond acceptors (Lipinski definition) is 5. The van der Waals surface area contributed by atoms with E-state index in [1.54, 1.807) is 7.11 Å². The Bertz CT molecular complexity index is 1220. The molecule has 1 aromatic heterocycles. The summed E-state index contributed by atoms with van der Waals surface area (Å²) in [6.45, 7) is 3.63. The second-order valence-corrected chi connectivity index (χ2v) is 9.78. The van der Waals surface area contributed by atoms with Gasteiger partial charge in [-0.05, 0) is 74.8 Å². The number of rotatable bonds is 8. The van der Waals surface area contributed by atoms with E-state index in [0.717, 1.165) is 58.9 Å². The lowest BCUT2D eigenvalue weighted by Crippen LogP contribution is -2.29. The Morgan fingerprint density at radius 3 is 2.80 bits per heavy atom. The first-order chi connectivity index (χ1) is 17.0. The lowest BCUT2D eigenvalue weighted by atomic mass is 9.94. The van der Waals surface area contributed by atoms with Gasteiger partial charge in [0.2, 0.25) is 0 Å². The van der Waals surface area contributed by atoms with Crippen LogP contribution in [-0.4, -0.2) is 61.9 Å². The molecule has 2 aromatic carbocycles. The summed E-state index contributed by atoms with van der Waals surface area (Å²) in [5.74, 6) is 2.31. The van der Waals surface area contributed by atoms with Crippen molar-refractivity contribution in [3.63, 3.8) is 0 Å². The maximum Gasteiger partial charge on any atom is 0.126 e. The van der Waals surface area contributed by atoms with E-state index in [2.05, 4.69) is 58.6 Å². The van der Waals surface area contributed by atoms with Gasteiger partial charge in [-0.1, -0.05) is 24.3 Å². The van der Waals surface area contributed by atoms with Crippen LogP contribution in [0.25, 0.3) is 22.8 Å². The minimum Gasteiger partial charge on any atom is -0.508 e. The minimum atomic E-state index is 0.348. The normalized spacial score (nSPS) is 18.0. The molecule has 0 radical (unpaired) electrons. The number of aromatic nitrogens is 1. The summed E-state index contributed by atoms with van der Waals surface area (Å²) in [6, 6.07) is 14.8. The number of aromatic hydroxyl groups is 1. The number of aromatic amines is 1. The first-order valence-electron chi connectivity index (χ1n) is 12.5. The van der Waals surface area contributed by atoms with Gasteiger partial charge in [0.25, 0.3) is 0 Å². The summed E-state index contributed by atoms with van der Waals surface area (Å²) in [4.78, 5) is 8.15. The molecule has 0 amide bonds. The van der Waals surface area contributed by atoms with E-state index in [4.69, 9.17) is 4.74 Å². The molecule has 3 N–H and O–H groups in total. The van der Waals surface area contributed by atoms with Crippen molar-refractivity contribution < 1.29 is 9.84 Å². The highest BCUT2D eigenvalue weighted by atomic mass is 16.5. The number of hydrogen-bond donors (Lipinski definition) is 3. The van der Waals surface area contributed by atoms with E-state index in [0.29, 0.717) is 18.3 Å². The number of nitrogens with zero attached hydrogens (tertiary/aromatic N) is 2. The second kappa shape index (κ2) is 10.2. The Balaban J connectivity index is 1.37. The maximum atomic E-state index is 10.5. The van der Waals surface area contributed by atoms with Crippen LogP contribution >= 0.6 is 0 Å². The predicted molar refractivity (Wildman–Crippen MR) is 144 cm³/mol. The highest BCUT2D eigenvalue weighted by molar-refractivity contribution is 5.96. The molecule has 0 spiro atoms. The fraction of sp³-hybridized carbons (Fsp3) is 0.379. The zero-order valence-electron chi connectivity index (χ0n) is 21.0. The molecular weight excluding hydrogens is 436 g/mol. The number of fused-ring (bicyclic) bond motifs is 1. The Kier molecular flexibility index (Phi) is 6.84. The fourth-order valence-corrected chi connectivity index (χ4v) is 5.47. The van der Waals surface area contributed by atoms with Crippen LogP contribution < -0.4 is 15.0 Å². The van der Waals surface area contributed by atoms with Gasteiger partial charge in [0.05, 0.1) is 7.11 Å². The number of anilines is 1. The Hall–Kier alpha value is -3.22. The molecule has 1 atom stereocenters. The molecule has 1 unspecified atom stereocenters. The number of phenolic OH excluding ortho intramolecular Hbond substituents is 1. The number of benzene rings is 2. The van der Waals surface area contributed by atoms with Crippen molar-refractivity contribution in [3.05, 3.63) is 65.4 Å². The molecule has 0 saturated carbocycles. The van der Waals surface area contributed by atoms with Crippen molar-refractivity contribution >= 4 is 17.5 Å². The lowest BCUT2D eigenvalue weighted by Gasteiger charge is -2.26. The van der Waals surface area contributed by atoms with E-state index in [1.807, 2.05) is 30.3 Å². The van der Waals surface area contributed by atoms with Gasteiger partial charge < -0.3 is 29.9 Å². The Labute approximate surface area is 208 Å². The monoisotopic (exact) mass is 472 g/mol. The Morgan fingerprint density at radius 2 is 2.00 bits per heavy atom. The zero-order valence-corrected chi connectivity index (χ0v) is 21.0. The summed E-state index contributed by atoms with van der Waals surface area (Å²) in [5, 5.41) is 14.1. The third-order valence-corrected chi connectivity index (χ3v) is 7.50. The van der Waals surface area contributed by atoms with Crippen molar-refractivity contribution in [1.29, 1.82) is 0 Å². The average molecular weight is 473 g/mol. The van der Waals surface area contributed by atoms with Crippen LogP contribution in [-0.2, 0) is 6.54 Å². The van der Waals surface area contributed by atoms with Crippen molar-refractivity contribution in [2.24, 2.45) is 0 Å². The van der Waals surface area contributed by atoms with Gasteiger partial charge >= 0.3 is 0 Å². The van der Waals surface area contributed by atoms with E-state index in [1.165, 1.54) is 25.0 Å². The minimum absolute atomic E-state index is 0.348. The van der Waals surface area contributed by atoms with Crippen LogP contribution in [0.3, 0.4) is 0 Å². The van der Waals surface area contributed by atoms with E-state index in [-0.39, 0.29) is 0 Å². The highest BCUT2D eigenvalue weighted by Crippen LogP contribution is 2.41. The number of likely N-dealkylation sites (tertiary alicyclic amines) is 1. The molecular formula is C29H36N4O2. The maximum absolute atomic E-state index is 10.5. The third-order valence-electron chi connectivity index (χ3n) is 7.50. The van der Waals surface area contributed by atoms with Gasteiger partial charge in [-0.3, -0.25) is 0 Å². The van der Waals surface area contributed by atoms with Crippen LogP contribution in [0.1, 0.15) is 36.0 Å². The molecule has 6 heteroatoms. The molecule has 3 aromatic rings. The van der Waals surface area contributed by atoms with Gasteiger partial charge in [0, 0.05) is 54.6 Å². The van der Waals surface area contributed by atoms with Gasteiger partial charge in [0.1, 0.15) is 17.3 Å². The molecule has 2 aliphatic rings. The van der Waals surface area contributed by atoms with E-state index in [9.17, 15) is 5.11 Å². The summed E-state index contributed by atoms with van der Waals surface area (Å²) in [7, 11) is 6.04. The molecule has 1 fully saturated rings. The molecule has 35 heavy (non-hydrogen) atoms. The molecule has 1 saturated heterocycles. The first kappa shape index (κ1) is 23.5. The van der Waals surface area contributed by atoms with E-state index < -0.39 is 0 Å². The van der Waals surface area contributed by atoms with Crippen LogP contribution in [0.15, 0.2) is 48.7 Å². The average Bonchev–Trinajstić information content (AvgIpc) is 3.49. The van der Waals surface area contributed by atoms with Crippen molar-refractivity contribution in [3.8, 4) is 22.6 Å². The molecule has 3 heterocycles. The van der Waals surface area contributed by atoms with Gasteiger partial charge in [-0.15, -0.1) is 0 Å². The summed E-state index contributed by atoms with van der Waals surface area (Å²) in [5.41, 5.74) is 6.66. The summed E-state index contributed by atoms with van der Waals surface area (Å²) >= 11 is 0. The first-order valence-corrected chi connectivity index (χ1v) is 12.5. The second-order valence-electron chi connectivity index (χ2n) is 9.78. The molecule has 184 valence electrons. The zero-order chi connectivity index (χ0) is 24.4. The molecule has 2 aliphatic heterocycles. The molecule has 6 nitrogen and oxygen atoms in total. The largest absolute Gasteiger partial charge is 0.508 e. The van der Waals surface area contributed by atoms with Gasteiger partial charge in [0.15, 0.2) is 0 Å². The van der Waals surface area contributed by atoms with E-state index >= 15 is 0 Å². The van der Waals surface area contributed by atoms with Gasteiger partial charge in [-0.2, -0.15) is 0 Å². The smallest absolute Gasteiger partial charge is 0.126 e. The number of H-pyrrole nitrogens is 1. The molecule has 0 aliphatic carbocycles. The van der Waals surface area contributed by atoms with Crippen LogP contribution in [0.5, 0.6) is 11.5 Å². The number of likely N-dealkylation sites (N-methyl/N-ethyl adjacent to an activating group) is 1. The van der Waals surface area contributed by atoms with Crippen LogP contribution in [0.4, 0.5) is 5.82 Å². The van der Waals surface area contributed by atoms with Crippen LogP contribution in [0.2, 0.25) is 0 Å². The SMILES string of the molecule is COc1ccccc1-c1c[nH]c2c1C=C(c1ccc(O)c(CNCCC3CCCN3C)c1)CN2C. The number of para-hydroxylation sites is 1. The number of methoxy groups -OCH3 is 1. The van der Waals surface area contributed by atoms with Crippen molar-refractivity contribution in [2.45, 2.75) is 31.8 Å². The molecule has 0 bridgehead atoms. The lowest BCUT2D eigenvalue weighted by molar-refractivity contribution is 0.293. The van der Waals surface area contributed by atoms with Crippen molar-refractivity contribution in [2.75, 3.05) is 45.7 Å². The fourth-order valence-electron chi connectivity index (χ4n) is 5.47. The number of nitrogens with one attached hydrogen (secondary N) is 2. The quantitative estimate of drug-likeness (QED) is 0.405. The number of ether oxygens (including phenoxy) is 1. The Morgan fingerprint density at radius 1 is 1.14 bits per heavy atom. The third kappa shape index (κ3) is 4.81. The van der Waals surface area contributed by atoms with Crippen molar-refractivity contribution in [1.82, 2.24) is 15.2 Å². The summed E-state index contributed by atoms with van der Waals surface area (Å²) in [6.07, 6.45) is 8.07. The highest BCUT2D eigenvalue weighted by Gasteiger charge is 2.23. The molecule has 5 rings (SSSR count). The standard InChI is InChI=1S/C29H36N4O2/c1-32-14-6-7-23(32)12-13-30-17-21-15-20(10-11-27(21)34)22-16-25-26(18-31-29(25)33(2)19-22)24-8-4-5-9-28(24)35-3/h4-5,8-11,15-16,18,23,30-31,34H,6-7,12-14,17,19H2,1-3H3. The van der Waals surface area contributed by atoms with Crippen LogP contribution in [0, 0.1) is 0 Å². The topological polar surface area (TPSA) is 63.8 Å². The van der Waals surface area contributed by atoms with Gasteiger partial charge in [-0.25, -0.2) is 0 Å². The summed E-state index contributed by atoms with van der Waals surface area (Å²) < 4.78 is 5.63. The number of phenols is 1.